The largest absolute Gasteiger partial charge is 0.397 e. The topological polar surface area (TPSA) is 66.7 Å². The van der Waals surface area contributed by atoms with Crippen LogP contribution in [0.25, 0.3) is 0 Å². The van der Waals surface area contributed by atoms with Gasteiger partial charge >= 0.3 is 0 Å². The molecule has 1 aromatic carbocycles. The molecule has 0 bridgehead atoms. The summed E-state index contributed by atoms with van der Waals surface area (Å²) in [5.41, 5.74) is 8.29. The van der Waals surface area contributed by atoms with Gasteiger partial charge in [-0.25, -0.2) is 0 Å². The molecule has 0 atom stereocenters. The molecule has 78 valence electrons. The van der Waals surface area contributed by atoms with E-state index < -0.39 is 0 Å². The first kappa shape index (κ1) is 9.86. The zero-order valence-corrected chi connectivity index (χ0v) is 8.75. The molecule has 0 spiro atoms. The number of hydrogen-bond donors (Lipinski definition) is 3. The highest BCUT2D eigenvalue weighted by atomic mass is 35.5. The van der Waals surface area contributed by atoms with Crippen LogP contribution in [-0.2, 0) is 6.54 Å². The molecule has 5 heteroatoms. The van der Waals surface area contributed by atoms with Gasteiger partial charge in [0.1, 0.15) is 0 Å². The van der Waals surface area contributed by atoms with E-state index in [-0.39, 0.29) is 0 Å². The molecule has 0 saturated carbocycles. The first-order valence-electron chi connectivity index (χ1n) is 4.53. The van der Waals surface area contributed by atoms with Crippen LogP contribution < -0.4 is 11.1 Å². The first-order valence-corrected chi connectivity index (χ1v) is 4.90. The molecule has 1 aromatic heterocycles. The van der Waals surface area contributed by atoms with Crippen LogP contribution in [0.2, 0.25) is 5.02 Å². The van der Waals surface area contributed by atoms with Crippen molar-refractivity contribution in [3.8, 4) is 0 Å². The normalized spacial score (nSPS) is 10.2. The van der Waals surface area contributed by atoms with Crippen LogP contribution in [0.4, 0.5) is 11.4 Å². The fraction of sp³-hybridized carbons (Fsp3) is 0.100. The third kappa shape index (κ3) is 2.41. The van der Waals surface area contributed by atoms with Gasteiger partial charge in [0.15, 0.2) is 0 Å². The number of nitrogens with one attached hydrogen (secondary N) is 2. The number of nitrogen functional groups attached to an aromatic ring is 1. The molecular weight excluding hydrogens is 212 g/mol. The molecule has 4 N–H and O–H groups in total. The number of nitrogens with zero attached hydrogens (tertiary/aromatic N) is 1. The third-order valence-electron chi connectivity index (χ3n) is 2.04. The summed E-state index contributed by atoms with van der Waals surface area (Å²) >= 11 is 5.86. The highest BCUT2D eigenvalue weighted by Crippen LogP contribution is 2.23. The zero-order valence-electron chi connectivity index (χ0n) is 8.00. The van der Waals surface area contributed by atoms with Gasteiger partial charge in [-0.2, -0.15) is 5.10 Å². The van der Waals surface area contributed by atoms with Gasteiger partial charge in [0, 0.05) is 11.2 Å². The molecule has 0 fully saturated rings. The number of H-pyrrole nitrogens is 1. The monoisotopic (exact) mass is 222 g/mol. The van der Waals surface area contributed by atoms with Gasteiger partial charge in [0.2, 0.25) is 0 Å². The summed E-state index contributed by atoms with van der Waals surface area (Å²) in [6, 6.07) is 7.23. The van der Waals surface area contributed by atoms with Crippen molar-refractivity contribution < 1.29 is 0 Å². The number of anilines is 2. The van der Waals surface area contributed by atoms with Crippen LogP contribution in [-0.4, -0.2) is 10.2 Å². The predicted octanol–water partition coefficient (Wildman–Crippen LogP) is 2.26. The van der Waals surface area contributed by atoms with Crippen molar-refractivity contribution in [2.75, 3.05) is 11.1 Å². The molecule has 2 rings (SSSR count). The van der Waals surface area contributed by atoms with E-state index in [1.807, 2.05) is 6.07 Å². The number of nitrogens with two attached hydrogens (primary N) is 1. The van der Waals surface area contributed by atoms with E-state index in [9.17, 15) is 0 Å². The van der Waals surface area contributed by atoms with Gasteiger partial charge in [0.05, 0.1) is 23.6 Å². The summed E-state index contributed by atoms with van der Waals surface area (Å²) in [5.74, 6) is 0. The average molecular weight is 223 g/mol. The summed E-state index contributed by atoms with van der Waals surface area (Å²) in [7, 11) is 0. The van der Waals surface area contributed by atoms with Crippen LogP contribution in [0.3, 0.4) is 0 Å². The molecule has 0 aliphatic rings. The Morgan fingerprint density at radius 2 is 2.27 bits per heavy atom. The van der Waals surface area contributed by atoms with Crippen molar-refractivity contribution in [3.05, 3.63) is 41.2 Å². The maximum Gasteiger partial charge on any atom is 0.0592 e. The van der Waals surface area contributed by atoms with Gasteiger partial charge in [0.25, 0.3) is 0 Å². The molecule has 1 heterocycles. The van der Waals surface area contributed by atoms with Crippen molar-refractivity contribution in [2.24, 2.45) is 0 Å². The first-order chi connectivity index (χ1) is 7.25. The van der Waals surface area contributed by atoms with Crippen molar-refractivity contribution >= 4 is 23.0 Å². The fourth-order valence-corrected chi connectivity index (χ4v) is 1.43. The Bertz CT molecular complexity index is 439. The van der Waals surface area contributed by atoms with Gasteiger partial charge in [-0.05, 0) is 24.3 Å². The summed E-state index contributed by atoms with van der Waals surface area (Å²) in [5, 5.41) is 10.5. The SMILES string of the molecule is Nc1ccc(Cl)cc1NCc1ccn[nH]1. The number of aromatic nitrogens is 2. The smallest absolute Gasteiger partial charge is 0.0592 e. The minimum Gasteiger partial charge on any atom is -0.397 e. The lowest BCUT2D eigenvalue weighted by atomic mass is 10.2. The number of halogens is 1. The van der Waals surface area contributed by atoms with Crippen LogP contribution in [0.1, 0.15) is 5.69 Å². The van der Waals surface area contributed by atoms with Crippen LogP contribution in [0.5, 0.6) is 0 Å². The summed E-state index contributed by atoms with van der Waals surface area (Å²) in [6.45, 7) is 0.643. The Hall–Kier alpha value is -1.68. The molecule has 0 aliphatic heterocycles. The van der Waals surface area contributed by atoms with Gasteiger partial charge in [-0.3, -0.25) is 5.10 Å². The Labute approximate surface area is 92.4 Å². The van der Waals surface area contributed by atoms with E-state index in [0.717, 1.165) is 11.4 Å². The molecule has 0 aliphatic carbocycles. The highest BCUT2D eigenvalue weighted by Gasteiger charge is 2.00. The molecule has 0 amide bonds. The standard InChI is InChI=1S/C10H11ClN4/c11-7-1-2-9(12)10(5-7)13-6-8-3-4-14-15-8/h1-5,13H,6,12H2,(H,14,15). The summed E-state index contributed by atoms with van der Waals surface area (Å²) in [6.07, 6.45) is 1.71. The van der Waals surface area contributed by atoms with E-state index in [1.54, 1.807) is 24.4 Å². The second-order valence-electron chi connectivity index (χ2n) is 3.17. The third-order valence-corrected chi connectivity index (χ3v) is 2.28. The molecular formula is C10H11ClN4. The number of rotatable bonds is 3. The minimum atomic E-state index is 0.643. The Balaban J connectivity index is 2.07. The molecule has 0 saturated heterocycles. The fourth-order valence-electron chi connectivity index (χ4n) is 1.26. The minimum absolute atomic E-state index is 0.643. The van der Waals surface area contributed by atoms with E-state index in [0.29, 0.717) is 17.3 Å². The van der Waals surface area contributed by atoms with Crippen molar-refractivity contribution in [2.45, 2.75) is 6.54 Å². The second kappa shape index (κ2) is 4.23. The van der Waals surface area contributed by atoms with Gasteiger partial charge in [-0.1, -0.05) is 11.6 Å². The molecule has 0 unspecified atom stereocenters. The summed E-state index contributed by atoms with van der Waals surface area (Å²) in [4.78, 5) is 0. The van der Waals surface area contributed by atoms with Crippen molar-refractivity contribution in [1.29, 1.82) is 0 Å². The van der Waals surface area contributed by atoms with Crippen LogP contribution in [0.15, 0.2) is 30.5 Å². The van der Waals surface area contributed by atoms with Gasteiger partial charge in [-0.15, -0.1) is 0 Å². The molecule has 15 heavy (non-hydrogen) atoms. The molecule has 2 aromatic rings. The lowest BCUT2D eigenvalue weighted by Crippen LogP contribution is -2.02. The highest BCUT2D eigenvalue weighted by molar-refractivity contribution is 6.31. The lowest BCUT2D eigenvalue weighted by Gasteiger charge is -2.08. The number of benzene rings is 1. The Morgan fingerprint density at radius 1 is 1.40 bits per heavy atom. The maximum absolute atomic E-state index is 5.86. The Kier molecular flexibility index (Phi) is 2.78. The van der Waals surface area contributed by atoms with Crippen molar-refractivity contribution in [1.82, 2.24) is 10.2 Å². The average Bonchev–Trinajstić information content (AvgIpc) is 2.72. The zero-order chi connectivity index (χ0) is 10.7. The Morgan fingerprint density at radius 3 is 3.00 bits per heavy atom. The molecule has 4 nitrogen and oxygen atoms in total. The van der Waals surface area contributed by atoms with Crippen molar-refractivity contribution in [3.63, 3.8) is 0 Å². The summed E-state index contributed by atoms with van der Waals surface area (Å²) < 4.78 is 0. The quantitative estimate of drug-likeness (QED) is 0.698. The van der Waals surface area contributed by atoms with Crippen LogP contribution >= 0.6 is 11.6 Å². The van der Waals surface area contributed by atoms with E-state index in [2.05, 4.69) is 15.5 Å². The maximum atomic E-state index is 5.86. The molecule has 0 radical (unpaired) electrons. The van der Waals surface area contributed by atoms with E-state index in [4.69, 9.17) is 17.3 Å². The second-order valence-corrected chi connectivity index (χ2v) is 3.60. The van der Waals surface area contributed by atoms with Gasteiger partial charge < -0.3 is 11.1 Å². The number of hydrogen-bond acceptors (Lipinski definition) is 3. The number of aromatic amines is 1. The van der Waals surface area contributed by atoms with Crippen LogP contribution in [0, 0.1) is 0 Å². The predicted molar refractivity (Wildman–Crippen MR) is 61.8 cm³/mol. The van der Waals surface area contributed by atoms with E-state index >= 15 is 0 Å². The lowest BCUT2D eigenvalue weighted by molar-refractivity contribution is 0.982. The van der Waals surface area contributed by atoms with E-state index in [1.165, 1.54) is 0 Å².